The Morgan fingerprint density at radius 2 is 1.83 bits per heavy atom. The number of benzene rings is 1. The van der Waals surface area contributed by atoms with Gasteiger partial charge in [0, 0.05) is 22.2 Å². The zero-order chi connectivity index (χ0) is 17.0. The van der Waals surface area contributed by atoms with E-state index >= 15 is 0 Å². The van der Waals surface area contributed by atoms with Gasteiger partial charge in [-0.05, 0) is 42.7 Å². The number of hydrogen-bond donors (Lipinski definition) is 1. The first-order chi connectivity index (χ1) is 11.1. The van der Waals surface area contributed by atoms with Crippen LogP contribution in [0.25, 0.3) is 22.2 Å². The predicted molar refractivity (Wildman–Crippen MR) is 94.1 cm³/mol. The topological polar surface area (TPSA) is 41.6 Å². The Kier molecular flexibility index (Phi) is 5.48. The number of nitrogens with zero attached hydrogens (tertiary/aromatic N) is 2. The average Bonchev–Trinajstić information content (AvgIpc) is 2.99. The van der Waals surface area contributed by atoms with Crippen LogP contribution in [0.15, 0.2) is 30.3 Å². The highest BCUT2D eigenvalue weighted by Gasteiger charge is 2.12. The lowest BCUT2D eigenvalue weighted by Gasteiger charge is -2.03. The van der Waals surface area contributed by atoms with E-state index in [4.69, 9.17) is 0 Å². The second kappa shape index (κ2) is 7.36. The molecule has 3 aromatic rings. The van der Waals surface area contributed by atoms with E-state index in [9.17, 15) is 4.39 Å². The molecule has 0 aliphatic heterocycles. The number of aromatic amines is 1. The van der Waals surface area contributed by atoms with Gasteiger partial charge < -0.3 is 4.98 Å². The second-order valence-corrected chi connectivity index (χ2v) is 5.56. The molecule has 122 valence electrons. The third-order valence-corrected chi connectivity index (χ3v) is 3.71. The zero-order valence-corrected chi connectivity index (χ0v) is 14.4. The highest BCUT2D eigenvalue weighted by atomic mass is 19.1. The molecule has 2 heterocycles. The summed E-state index contributed by atoms with van der Waals surface area (Å²) in [5, 5.41) is 9.11. The number of fused-ring (bicyclic) bond motifs is 1. The summed E-state index contributed by atoms with van der Waals surface area (Å²) in [4.78, 5) is 3.34. The van der Waals surface area contributed by atoms with Crippen molar-refractivity contribution in [2.75, 3.05) is 0 Å². The zero-order valence-electron chi connectivity index (χ0n) is 14.4. The maximum Gasteiger partial charge on any atom is 0.133 e. The molecule has 3 nitrogen and oxygen atoms in total. The number of rotatable bonds is 3. The van der Waals surface area contributed by atoms with Gasteiger partial charge in [0.15, 0.2) is 0 Å². The third kappa shape index (κ3) is 3.58. The molecule has 0 fully saturated rings. The first-order valence-corrected chi connectivity index (χ1v) is 8.23. The first-order valence-electron chi connectivity index (χ1n) is 8.23. The Balaban J connectivity index is 0.000000924. The molecule has 0 radical (unpaired) electrons. The van der Waals surface area contributed by atoms with Crippen molar-refractivity contribution in [3.63, 3.8) is 0 Å². The van der Waals surface area contributed by atoms with Crippen molar-refractivity contribution in [2.45, 2.75) is 47.0 Å². The summed E-state index contributed by atoms with van der Waals surface area (Å²) < 4.78 is 14.3. The fraction of sp³-hybridized carbons (Fsp3) is 0.368. The molecule has 0 spiro atoms. The Morgan fingerprint density at radius 1 is 1.09 bits per heavy atom. The fourth-order valence-corrected chi connectivity index (χ4v) is 2.37. The van der Waals surface area contributed by atoms with E-state index in [1.54, 1.807) is 6.07 Å². The van der Waals surface area contributed by atoms with Crippen molar-refractivity contribution < 1.29 is 4.39 Å². The summed E-state index contributed by atoms with van der Waals surface area (Å²) in [6.07, 6.45) is 0.823. The van der Waals surface area contributed by atoms with Crippen LogP contribution < -0.4 is 0 Å². The molecular formula is C19H24FN3. The maximum atomic E-state index is 14.3. The molecule has 0 atom stereocenters. The molecule has 0 saturated carbocycles. The molecular weight excluding hydrogens is 289 g/mol. The largest absolute Gasteiger partial charge is 0.358 e. The average molecular weight is 313 g/mol. The minimum atomic E-state index is -0.268. The van der Waals surface area contributed by atoms with Gasteiger partial charge in [-0.1, -0.05) is 34.6 Å². The molecule has 0 bridgehead atoms. The predicted octanol–water partition coefficient (Wildman–Crippen LogP) is 5.48. The van der Waals surface area contributed by atoms with Gasteiger partial charge in [-0.3, -0.25) is 0 Å². The van der Waals surface area contributed by atoms with Crippen molar-refractivity contribution >= 4 is 10.9 Å². The van der Waals surface area contributed by atoms with Crippen LogP contribution in [0.2, 0.25) is 0 Å². The number of aryl methyl sites for hydroxylation is 1. The van der Waals surface area contributed by atoms with Gasteiger partial charge in [-0.15, -0.1) is 0 Å². The number of hydrogen-bond acceptors (Lipinski definition) is 2. The van der Waals surface area contributed by atoms with E-state index in [1.165, 1.54) is 0 Å². The van der Waals surface area contributed by atoms with Crippen molar-refractivity contribution in [1.29, 1.82) is 0 Å². The van der Waals surface area contributed by atoms with Gasteiger partial charge >= 0.3 is 0 Å². The van der Waals surface area contributed by atoms with Crippen molar-refractivity contribution in [1.82, 2.24) is 15.2 Å². The molecule has 1 aromatic carbocycles. The molecule has 3 rings (SSSR count). The number of H-pyrrole nitrogens is 1. The minimum Gasteiger partial charge on any atom is -0.358 e. The van der Waals surface area contributed by atoms with Crippen molar-refractivity contribution in [2.24, 2.45) is 0 Å². The van der Waals surface area contributed by atoms with Gasteiger partial charge in [0.2, 0.25) is 0 Å². The van der Waals surface area contributed by atoms with Crippen molar-refractivity contribution in [3.8, 4) is 11.3 Å². The number of nitrogens with one attached hydrogen (secondary N) is 1. The lowest BCUT2D eigenvalue weighted by molar-refractivity contribution is 0.632. The highest BCUT2D eigenvalue weighted by molar-refractivity contribution is 5.85. The third-order valence-electron chi connectivity index (χ3n) is 3.71. The van der Waals surface area contributed by atoms with E-state index in [0.717, 1.165) is 28.7 Å². The summed E-state index contributed by atoms with van der Waals surface area (Å²) in [5.41, 5.74) is 3.98. The van der Waals surface area contributed by atoms with Crippen LogP contribution in [-0.4, -0.2) is 15.2 Å². The van der Waals surface area contributed by atoms with E-state index in [0.29, 0.717) is 17.2 Å². The molecule has 0 aliphatic rings. The van der Waals surface area contributed by atoms with Gasteiger partial charge in [-0.2, -0.15) is 10.2 Å². The van der Waals surface area contributed by atoms with Crippen LogP contribution in [0.5, 0.6) is 0 Å². The van der Waals surface area contributed by atoms with Gasteiger partial charge in [0.25, 0.3) is 0 Å². The lowest BCUT2D eigenvalue weighted by atomic mass is 10.1. The SMILES string of the molecule is CC.CCc1ccc(-c2cc3[nH]c(C(C)C)cc3cc2F)nn1. The van der Waals surface area contributed by atoms with Gasteiger partial charge in [0.1, 0.15) is 5.82 Å². The van der Waals surface area contributed by atoms with Crippen LogP contribution in [0.4, 0.5) is 4.39 Å². The number of halogens is 1. The molecule has 0 amide bonds. The van der Waals surface area contributed by atoms with E-state index in [-0.39, 0.29) is 5.82 Å². The summed E-state index contributed by atoms with van der Waals surface area (Å²) in [6.45, 7) is 10.2. The molecule has 2 aromatic heterocycles. The van der Waals surface area contributed by atoms with Gasteiger partial charge in [-0.25, -0.2) is 4.39 Å². The first kappa shape index (κ1) is 17.1. The Hall–Kier alpha value is -2.23. The molecule has 4 heteroatoms. The Labute approximate surface area is 137 Å². The van der Waals surface area contributed by atoms with E-state index in [2.05, 4.69) is 29.0 Å². The molecule has 0 saturated heterocycles. The molecule has 23 heavy (non-hydrogen) atoms. The Bertz CT molecular complexity index is 773. The fourth-order valence-electron chi connectivity index (χ4n) is 2.37. The van der Waals surface area contributed by atoms with E-state index in [1.807, 2.05) is 45.0 Å². The van der Waals surface area contributed by atoms with Gasteiger partial charge in [0.05, 0.1) is 11.4 Å². The van der Waals surface area contributed by atoms with Crippen molar-refractivity contribution in [3.05, 3.63) is 47.5 Å². The number of aromatic nitrogens is 3. The second-order valence-electron chi connectivity index (χ2n) is 5.56. The summed E-state index contributed by atoms with van der Waals surface area (Å²) in [5.74, 6) is 0.114. The lowest BCUT2D eigenvalue weighted by Crippen LogP contribution is -1.94. The highest BCUT2D eigenvalue weighted by Crippen LogP contribution is 2.28. The normalized spacial score (nSPS) is 10.7. The molecule has 1 N–H and O–H groups in total. The maximum absolute atomic E-state index is 14.3. The van der Waals surface area contributed by atoms with E-state index < -0.39 is 0 Å². The monoisotopic (exact) mass is 313 g/mol. The standard InChI is InChI=1S/C17H18FN3.C2H6/c1-4-12-5-6-15(21-20-12)13-9-17-11(7-14(13)18)8-16(19-17)10(2)3;1-2/h5-10,19H,4H2,1-3H3;1-2H3. The molecule has 0 unspecified atom stereocenters. The van der Waals surface area contributed by atoms with Crippen LogP contribution >= 0.6 is 0 Å². The summed E-state index contributed by atoms with van der Waals surface area (Å²) >= 11 is 0. The smallest absolute Gasteiger partial charge is 0.133 e. The minimum absolute atomic E-state index is 0.268. The van der Waals surface area contributed by atoms with Crippen LogP contribution in [0.3, 0.4) is 0 Å². The van der Waals surface area contributed by atoms with Crippen LogP contribution in [0.1, 0.15) is 51.9 Å². The Morgan fingerprint density at radius 3 is 2.39 bits per heavy atom. The quantitative estimate of drug-likeness (QED) is 0.696. The van der Waals surface area contributed by atoms with Crippen LogP contribution in [-0.2, 0) is 6.42 Å². The van der Waals surface area contributed by atoms with Crippen LogP contribution in [0, 0.1) is 5.82 Å². The summed E-state index contributed by atoms with van der Waals surface area (Å²) in [6, 6.07) is 9.08. The molecule has 0 aliphatic carbocycles. The summed E-state index contributed by atoms with van der Waals surface area (Å²) in [7, 11) is 0.